The van der Waals surface area contributed by atoms with E-state index in [4.69, 9.17) is 15.2 Å². The minimum atomic E-state index is 0.317. The SMILES string of the molecule is COc1ccc(CN)c(SC2CCOC2C)c1. The normalized spacial score (nSPS) is 23.9. The number of methoxy groups -OCH3 is 1. The smallest absolute Gasteiger partial charge is 0.119 e. The van der Waals surface area contributed by atoms with Gasteiger partial charge in [0.15, 0.2) is 0 Å². The molecule has 1 aromatic rings. The van der Waals surface area contributed by atoms with E-state index in [-0.39, 0.29) is 0 Å². The van der Waals surface area contributed by atoms with Crippen molar-refractivity contribution in [1.82, 2.24) is 0 Å². The van der Waals surface area contributed by atoms with Crippen LogP contribution < -0.4 is 10.5 Å². The van der Waals surface area contributed by atoms with Crippen LogP contribution in [0.25, 0.3) is 0 Å². The molecule has 2 atom stereocenters. The lowest BCUT2D eigenvalue weighted by Crippen LogP contribution is -2.13. The Labute approximate surface area is 107 Å². The number of ether oxygens (including phenoxy) is 2. The molecule has 0 aromatic heterocycles. The topological polar surface area (TPSA) is 44.5 Å². The molecule has 2 unspecified atom stereocenters. The predicted octanol–water partition coefficient (Wildman–Crippen LogP) is 2.42. The number of rotatable bonds is 4. The second kappa shape index (κ2) is 5.76. The fourth-order valence-corrected chi connectivity index (χ4v) is 3.27. The van der Waals surface area contributed by atoms with E-state index in [2.05, 4.69) is 13.0 Å². The number of thioether (sulfide) groups is 1. The van der Waals surface area contributed by atoms with Crippen molar-refractivity contribution < 1.29 is 9.47 Å². The first-order chi connectivity index (χ1) is 8.24. The van der Waals surface area contributed by atoms with Crippen molar-refractivity contribution in [3.05, 3.63) is 23.8 Å². The maximum Gasteiger partial charge on any atom is 0.119 e. The highest BCUT2D eigenvalue weighted by Crippen LogP contribution is 2.36. The van der Waals surface area contributed by atoms with Gasteiger partial charge in [-0.2, -0.15) is 0 Å². The van der Waals surface area contributed by atoms with Gasteiger partial charge in [-0.05, 0) is 31.0 Å². The number of benzene rings is 1. The fourth-order valence-electron chi connectivity index (χ4n) is 1.97. The zero-order valence-electron chi connectivity index (χ0n) is 10.3. The Morgan fingerprint density at radius 3 is 2.94 bits per heavy atom. The summed E-state index contributed by atoms with van der Waals surface area (Å²) in [5.41, 5.74) is 6.94. The minimum Gasteiger partial charge on any atom is -0.497 e. The van der Waals surface area contributed by atoms with Crippen molar-refractivity contribution in [2.75, 3.05) is 13.7 Å². The van der Waals surface area contributed by atoms with Gasteiger partial charge in [0.25, 0.3) is 0 Å². The highest BCUT2D eigenvalue weighted by Gasteiger charge is 2.25. The lowest BCUT2D eigenvalue weighted by Gasteiger charge is -2.16. The molecule has 4 heteroatoms. The van der Waals surface area contributed by atoms with Gasteiger partial charge in [-0.3, -0.25) is 0 Å². The van der Waals surface area contributed by atoms with E-state index in [9.17, 15) is 0 Å². The van der Waals surface area contributed by atoms with Crippen LogP contribution in [-0.2, 0) is 11.3 Å². The molecule has 1 aliphatic rings. The zero-order valence-corrected chi connectivity index (χ0v) is 11.1. The number of hydrogen-bond donors (Lipinski definition) is 1. The quantitative estimate of drug-likeness (QED) is 0.895. The standard InChI is InChI=1S/C13H19NO2S/c1-9-12(5-6-16-9)17-13-7-11(15-2)4-3-10(13)8-14/h3-4,7,9,12H,5-6,8,14H2,1-2H3. The van der Waals surface area contributed by atoms with Gasteiger partial charge in [-0.15, -0.1) is 11.8 Å². The summed E-state index contributed by atoms with van der Waals surface area (Å²) in [7, 11) is 1.69. The average molecular weight is 253 g/mol. The maximum atomic E-state index is 5.77. The van der Waals surface area contributed by atoms with Gasteiger partial charge in [0, 0.05) is 23.3 Å². The van der Waals surface area contributed by atoms with Crippen LogP contribution in [0.15, 0.2) is 23.1 Å². The van der Waals surface area contributed by atoms with Crippen LogP contribution in [0.3, 0.4) is 0 Å². The fraction of sp³-hybridized carbons (Fsp3) is 0.538. The lowest BCUT2D eigenvalue weighted by molar-refractivity contribution is 0.127. The minimum absolute atomic E-state index is 0.317. The molecule has 0 bridgehead atoms. The van der Waals surface area contributed by atoms with E-state index in [0.29, 0.717) is 17.9 Å². The van der Waals surface area contributed by atoms with Crippen molar-refractivity contribution in [1.29, 1.82) is 0 Å². The van der Waals surface area contributed by atoms with E-state index < -0.39 is 0 Å². The number of hydrogen-bond acceptors (Lipinski definition) is 4. The van der Waals surface area contributed by atoms with E-state index >= 15 is 0 Å². The van der Waals surface area contributed by atoms with Crippen molar-refractivity contribution >= 4 is 11.8 Å². The summed E-state index contributed by atoms with van der Waals surface area (Å²) in [4.78, 5) is 1.22. The third-order valence-electron chi connectivity index (χ3n) is 3.08. The van der Waals surface area contributed by atoms with E-state index in [1.54, 1.807) is 7.11 Å². The third-order valence-corrected chi connectivity index (χ3v) is 4.63. The van der Waals surface area contributed by atoms with Crippen molar-refractivity contribution in [2.24, 2.45) is 5.73 Å². The van der Waals surface area contributed by atoms with Gasteiger partial charge >= 0.3 is 0 Å². The predicted molar refractivity (Wildman–Crippen MR) is 70.6 cm³/mol. The molecule has 2 rings (SSSR count). The Hall–Kier alpha value is -0.710. The first kappa shape index (κ1) is 12.7. The molecule has 0 spiro atoms. The number of nitrogens with two attached hydrogens (primary N) is 1. The monoisotopic (exact) mass is 253 g/mol. The van der Waals surface area contributed by atoms with Crippen LogP contribution in [0.1, 0.15) is 18.9 Å². The molecule has 2 N–H and O–H groups in total. The second-order valence-corrected chi connectivity index (χ2v) is 5.48. The molecule has 1 aromatic carbocycles. The molecule has 0 amide bonds. The Kier molecular flexibility index (Phi) is 4.31. The molecule has 0 radical (unpaired) electrons. The molecule has 17 heavy (non-hydrogen) atoms. The first-order valence-corrected chi connectivity index (χ1v) is 6.77. The average Bonchev–Trinajstić information content (AvgIpc) is 2.75. The zero-order chi connectivity index (χ0) is 12.3. The van der Waals surface area contributed by atoms with Gasteiger partial charge in [0.1, 0.15) is 5.75 Å². The van der Waals surface area contributed by atoms with Crippen molar-refractivity contribution in [2.45, 2.75) is 36.1 Å². The van der Waals surface area contributed by atoms with Crippen LogP contribution in [0.4, 0.5) is 0 Å². The first-order valence-electron chi connectivity index (χ1n) is 5.90. The van der Waals surface area contributed by atoms with Crippen LogP contribution in [0, 0.1) is 0 Å². The van der Waals surface area contributed by atoms with Crippen LogP contribution >= 0.6 is 11.8 Å². The molecule has 94 valence electrons. The van der Waals surface area contributed by atoms with Gasteiger partial charge in [0.2, 0.25) is 0 Å². The Balaban J connectivity index is 2.17. The summed E-state index contributed by atoms with van der Waals surface area (Å²) in [5.74, 6) is 0.885. The maximum absolute atomic E-state index is 5.77. The second-order valence-electron chi connectivity index (χ2n) is 4.20. The van der Waals surface area contributed by atoms with Crippen LogP contribution in [0.2, 0.25) is 0 Å². The molecule has 1 saturated heterocycles. The molecule has 3 nitrogen and oxygen atoms in total. The van der Waals surface area contributed by atoms with Gasteiger partial charge in [-0.25, -0.2) is 0 Å². The van der Waals surface area contributed by atoms with Gasteiger partial charge in [-0.1, -0.05) is 6.07 Å². The molecule has 1 fully saturated rings. The summed E-state index contributed by atoms with van der Waals surface area (Å²) < 4.78 is 10.8. The molecular formula is C13H19NO2S. The molecular weight excluding hydrogens is 234 g/mol. The molecule has 0 aliphatic carbocycles. The summed E-state index contributed by atoms with van der Waals surface area (Å²) in [6, 6.07) is 6.07. The molecule has 0 saturated carbocycles. The Morgan fingerprint density at radius 1 is 1.53 bits per heavy atom. The summed E-state index contributed by atoms with van der Waals surface area (Å²) in [6.45, 7) is 3.56. The Morgan fingerprint density at radius 2 is 2.35 bits per heavy atom. The van der Waals surface area contributed by atoms with Crippen molar-refractivity contribution in [3.63, 3.8) is 0 Å². The van der Waals surface area contributed by atoms with Gasteiger partial charge < -0.3 is 15.2 Å². The highest BCUT2D eigenvalue weighted by molar-refractivity contribution is 8.00. The molecule has 1 heterocycles. The third kappa shape index (κ3) is 2.94. The van der Waals surface area contributed by atoms with E-state index in [1.807, 2.05) is 23.9 Å². The lowest BCUT2D eigenvalue weighted by atomic mass is 10.2. The van der Waals surface area contributed by atoms with Crippen LogP contribution in [-0.4, -0.2) is 25.1 Å². The summed E-state index contributed by atoms with van der Waals surface area (Å²) in [5, 5.41) is 0.521. The summed E-state index contributed by atoms with van der Waals surface area (Å²) in [6.07, 6.45) is 1.42. The molecule has 1 aliphatic heterocycles. The Bertz CT molecular complexity index is 384. The largest absolute Gasteiger partial charge is 0.497 e. The summed E-state index contributed by atoms with van der Waals surface area (Å²) >= 11 is 1.86. The van der Waals surface area contributed by atoms with E-state index in [0.717, 1.165) is 18.8 Å². The van der Waals surface area contributed by atoms with Crippen LogP contribution in [0.5, 0.6) is 5.75 Å². The van der Waals surface area contributed by atoms with Crippen molar-refractivity contribution in [3.8, 4) is 5.75 Å². The van der Waals surface area contributed by atoms with E-state index in [1.165, 1.54) is 10.5 Å². The van der Waals surface area contributed by atoms with Gasteiger partial charge in [0.05, 0.1) is 13.2 Å². The highest BCUT2D eigenvalue weighted by atomic mass is 32.2.